The first-order chi connectivity index (χ1) is 0. The van der Waals surface area contributed by atoms with Gasteiger partial charge in [-0.3, -0.25) is 0 Å². The molecule has 46 valence electrons. The Balaban J connectivity index is 0. The Morgan fingerprint density at radius 1 is 0.455 bits per heavy atom. The quantitative estimate of drug-likeness (QED) is 0.277. The summed E-state index contributed by atoms with van der Waals surface area (Å²) >= 11 is 0. The van der Waals surface area contributed by atoms with E-state index in [1.165, 1.54) is 0 Å². The molecule has 0 saturated carbocycles. The van der Waals surface area contributed by atoms with Crippen molar-refractivity contribution in [3.05, 3.63) is 0 Å². The zero-order valence-electron chi connectivity index (χ0n) is 5.53. The minimum Gasteiger partial charge on any atom is -2.00 e. The molecule has 0 spiro atoms. The summed E-state index contributed by atoms with van der Waals surface area (Å²) in [6.07, 6.45) is 0. The summed E-state index contributed by atoms with van der Waals surface area (Å²) in [5.41, 5.74) is 0. The minimum absolute atomic E-state index is 0. The monoisotopic (exact) mass is 839 g/mol. The topological polar surface area (TPSA) is 85.5 Å². The van der Waals surface area contributed by atoms with Crippen molar-refractivity contribution in [1.82, 2.24) is 0 Å². The third kappa shape index (κ3) is 72.7. The molecule has 0 aromatic rings. The largest absolute Gasteiger partial charge is 3.00 e. The molecule has 0 aromatic carbocycles. The van der Waals surface area contributed by atoms with E-state index in [0.717, 1.165) is 0 Å². The third-order valence-corrected chi connectivity index (χ3v) is 0. The fraction of sp³-hybridized carbons (Fsp3) is 0. The number of hydrogen-bond acceptors (Lipinski definition) is 0. The predicted octanol–water partition coefficient (Wildman–Crippen LogP) is -1.12. The molecule has 0 N–H and O–H groups in total. The van der Waals surface area contributed by atoms with E-state index in [1.807, 2.05) is 0 Å². The van der Waals surface area contributed by atoms with Gasteiger partial charge >= 0.3 is 34.7 Å². The Kier molecular flexibility index (Phi) is 728. The second-order valence-corrected chi connectivity index (χ2v) is 0. The normalized spacial score (nSPS) is 0. The van der Waals surface area contributed by atoms with Gasteiger partial charge in [0.15, 0.2) is 0 Å². The van der Waals surface area contributed by atoms with Crippen molar-refractivity contribution in [3.63, 3.8) is 0 Å². The molecule has 11 heavy (non-hydrogen) atoms. The van der Waals surface area contributed by atoms with Crippen LogP contribution in [0, 0.1) is 155 Å². The van der Waals surface area contributed by atoms with E-state index in [1.54, 1.807) is 0 Å². The smallest absolute Gasteiger partial charge is 2.00 e. The molecule has 0 aliphatic carbocycles. The van der Waals surface area contributed by atoms with E-state index in [0.29, 0.717) is 0 Å². The molecule has 0 heterocycles. The van der Waals surface area contributed by atoms with E-state index in [2.05, 4.69) is 0 Å². The average Bonchev–Trinajstić information content (AvgIpc) is 0. The van der Waals surface area contributed by atoms with Gasteiger partial charge in [0.05, 0.1) is 0 Å². The first-order valence-corrected chi connectivity index (χ1v) is 0. The van der Waals surface area contributed by atoms with E-state index in [9.17, 15) is 0 Å². The molecule has 11 heteroatoms. The molecule has 0 unspecified atom stereocenters. The van der Waals surface area contributed by atoms with Gasteiger partial charge in [0.25, 0.3) is 0 Å². The van der Waals surface area contributed by atoms with Crippen molar-refractivity contribution >= 4 is 34.7 Å². The molecule has 0 bridgehead atoms. The average molecular weight is 842 g/mol. The molecule has 0 amide bonds. The molecule has 0 aromatic heterocycles. The maximum atomic E-state index is 0. The Labute approximate surface area is 250 Å². The Bertz CT molecular complexity index is 25.3. The van der Waals surface area contributed by atoms with Gasteiger partial charge in [-0.05, 0) is 0 Å². The van der Waals surface area contributed by atoms with Crippen LogP contribution in [0.4, 0.5) is 0 Å². The van der Waals surface area contributed by atoms with Crippen LogP contribution in [0.25, 0.3) is 0 Å². The van der Waals surface area contributed by atoms with Gasteiger partial charge in [0.2, 0.25) is 0 Å². The van der Waals surface area contributed by atoms with Crippen LogP contribution in [0.5, 0.6) is 0 Å². The molecule has 2 radical (unpaired) electrons. The second kappa shape index (κ2) is 82.2. The van der Waals surface area contributed by atoms with Crippen molar-refractivity contribution in [2.24, 2.45) is 0 Å². The summed E-state index contributed by atoms with van der Waals surface area (Å²) in [5, 5.41) is 0. The van der Waals surface area contributed by atoms with Gasteiger partial charge in [0.1, 0.15) is 0 Å². The molecular weight excluding hydrogens is 842 g/mol. The van der Waals surface area contributed by atoms with Crippen LogP contribution in [0.2, 0.25) is 0 Å². The van der Waals surface area contributed by atoms with E-state index >= 15 is 0 Å². The fourth-order valence-corrected chi connectivity index (χ4v) is 0. The summed E-state index contributed by atoms with van der Waals surface area (Å²) in [4.78, 5) is 0. The molecule has 0 aliphatic heterocycles. The van der Waals surface area contributed by atoms with Crippen LogP contribution in [0.1, 0.15) is 0 Å². The Morgan fingerprint density at radius 2 is 0.455 bits per heavy atom. The van der Waals surface area contributed by atoms with Crippen LogP contribution >= 0.6 is 0 Å². The van der Waals surface area contributed by atoms with Crippen LogP contribution in [-0.2, 0) is 68.8 Å². The van der Waals surface area contributed by atoms with Gasteiger partial charge < -0.3 is 16.4 Å². The third-order valence-electron chi connectivity index (χ3n) is 0. The molecule has 0 aliphatic rings. The zero-order chi connectivity index (χ0) is 0. The first-order valence-electron chi connectivity index (χ1n) is 0. The van der Waals surface area contributed by atoms with Crippen LogP contribution < -0.4 is 0 Å². The van der Waals surface area contributed by atoms with Gasteiger partial charge in [-0.15, -0.1) is 0 Å². The van der Waals surface area contributed by atoms with Crippen molar-refractivity contribution in [2.75, 3.05) is 0 Å². The van der Waals surface area contributed by atoms with Crippen molar-refractivity contribution < 1.29 is 224 Å². The maximum Gasteiger partial charge on any atom is 3.00 e. The predicted molar refractivity (Wildman–Crippen MR) is 13.6 cm³/mol. The SMILES string of the molecule is [Al+3].[Al+3].[Ce].[Ce].[La].[La].[O-2].[O-2].[O-2].[Zr].[Zr]. The number of rotatable bonds is 0. The van der Waals surface area contributed by atoms with Gasteiger partial charge in [-0.1, -0.05) is 0 Å². The van der Waals surface area contributed by atoms with Gasteiger partial charge in [-0.2, -0.15) is 0 Å². The molecular formula is Al2Ce2La2O3Zr2. The molecule has 0 saturated heterocycles. The standard InChI is InChI=1S/2Al.2Ce.2La.3O.2Zr/q2*+3;;;;;3*-2;;. The van der Waals surface area contributed by atoms with E-state index in [-0.39, 0.29) is 258 Å². The van der Waals surface area contributed by atoms with Crippen molar-refractivity contribution in [1.29, 1.82) is 0 Å². The van der Waals surface area contributed by atoms with Crippen LogP contribution in [0.3, 0.4) is 0 Å². The fourth-order valence-electron chi connectivity index (χ4n) is 0. The molecule has 0 fully saturated rings. The maximum absolute atomic E-state index is 0. The molecule has 3 nitrogen and oxygen atoms in total. The zero-order valence-corrected chi connectivity index (χ0v) is 26.3. The summed E-state index contributed by atoms with van der Waals surface area (Å²) in [7, 11) is 0. The van der Waals surface area contributed by atoms with E-state index < -0.39 is 0 Å². The van der Waals surface area contributed by atoms with Crippen molar-refractivity contribution in [2.45, 2.75) is 0 Å². The molecule has 0 atom stereocenters. The van der Waals surface area contributed by atoms with Gasteiger partial charge in [-0.25, -0.2) is 0 Å². The first kappa shape index (κ1) is 97.4. The Morgan fingerprint density at radius 3 is 0.455 bits per heavy atom. The molecule has 0 rings (SSSR count). The van der Waals surface area contributed by atoms with Crippen LogP contribution in [0.15, 0.2) is 0 Å². The second-order valence-electron chi connectivity index (χ2n) is 0. The van der Waals surface area contributed by atoms with Crippen LogP contribution in [-0.4, -0.2) is 34.7 Å². The summed E-state index contributed by atoms with van der Waals surface area (Å²) < 4.78 is 0. The van der Waals surface area contributed by atoms with Gasteiger partial charge in [0, 0.05) is 207 Å². The summed E-state index contributed by atoms with van der Waals surface area (Å²) in [6.45, 7) is 0. The summed E-state index contributed by atoms with van der Waals surface area (Å²) in [6, 6.07) is 0. The summed E-state index contributed by atoms with van der Waals surface area (Å²) in [5.74, 6) is 0. The van der Waals surface area contributed by atoms with E-state index in [4.69, 9.17) is 0 Å². The Hall–Kier alpha value is 7.85. The number of hydrogen-bond donors (Lipinski definition) is 0. The van der Waals surface area contributed by atoms with Crippen molar-refractivity contribution in [3.8, 4) is 0 Å². The minimum atomic E-state index is 0.